The molecule has 242 valence electrons. The molecule has 0 saturated heterocycles. The molecule has 9 nitrogen and oxygen atoms in total. The van der Waals surface area contributed by atoms with Gasteiger partial charge in [-0.05, 0) is 100.0 Å². The highest BCUT2D eigenvalue weighted by Gasteiger charge is 2.48. The minimum atomic E-state index is -4.01. The zero-order valence-corrected chi connectivity index (χ0v) is 28.4. The molecule has 0 radical (unpaired) electrons. The highest BCUT2D eigenvalue weighted by molar-refractivity contribution is 7.92. The summed E-state index contributed by atoms with van der Waals surface area (Å²) in [5, 5.41) is 3.06. The number of benzene rings is 2. The van der Waals surface area contributed by atoms with Gasteiger partial charge in [-0.2, -0.15) is 4.98 Å². The van der Waals surface area contributed by atoms with Crippen LogP contribution in [0.25, 0.3) is 11.3 Å². The Morgan fingerprint density at radius 1 is 1.09 bits per heavy atom. The zero-order valence-electron chi connectivity index (χ0n) is 27.6. The third-order valence-corrected chi connectivity index (χ3v) is 10.1. The molecule has 5 rings (SSSR count). The molecule has 1 aliphatic carbocycles. The lowest BCUT2D eigenvalue weighted by atomic mass is 9.58. The van der Waals surface area contributed by atoms with E-state index in [0.717, 1.165) is 41.5 Å². The predicted octanol–water partition coefficient (Wildman–Crippen LogP) is 7.39. The van der Waals surface area contributed by atoms with Crippen LogP contribution in [0, 0.1) is 31.1 Å². The van der Waals surface area contributed by atoms with Crippen molar-refractivity contribution < 1.29 is 22.7 Å². The van der Waals surface area contributed by atoms with Crippen LogP contribution in [0.2, 0.25) is 0 Å². The van der Waals surface area contributed by atoms with Crippen LogP contribution in [-0.2, 0) is 14.8 Å². The molecular formula is C35H46N4O5S. The number of carbonyl (C=O) groups excluding carboxylic acids is 1. The number of aryl methyl sites for hydroxylation is 2. The monoisotopic (exact) mass is 634 g/mol. The molecule has 2 atom stereocenters. The molecule has 0 spiro atoms. The van der Waals surface area contributed by atoms with E-state index in [1.165, 1.54) is 0 Å². The van der Waals surface area contributed by atoms with E-state index in [9.17, 15) is 13.2 Å². The highest BCUT2D eigenvalue weighted by Crippen LogP contribution is 2.51. The lowest BCUT2D eigenvalue weighted by molar-refractivity contribution is 0.0422. The standard InChI is InChI=1S/C35H46N4O5S/c1-21(2)44-33(40)38-35(8)18-25(19-35)31-24-13-10-14-27(15-24)45(41,42)39-32-36-28(30-22(3)11-9-12-23(30)4)16-29(37-32)43-20-26(31)17-34(5,6)7/h9-16,21,25-26,31H,17-20H2,1-8H3,(H,38,40)(H,36,37,39)/t25-,26-,31?,35-/m1/s1. The van der Waals surface area contributed by atoms with Crippen LogP contribution in [0.3, 0.4) is 0 Å². The zero-order chi connectivity index (χ0) is 32.7. The fourth-order valence-corrected chi connectivity index (χ4v) is 8.10. The molecular weight excluding hydrogens is 588 g/mol. The number of amides is 1. The fraction of sp³-hybridized carbons (Fsp3) is 0.514. The highest BCUT2D eigenvalue weighted by atomic mass is 32.2. The summed E-state index contributed by atoms with van der Waals surface area (Å²) in [6.07, 6.45) is 1.67. The van der Waals surface area contributed by atoms with E-state index < -0.39 is 21.7 Å². The first-order valence-corrected chi connectivity index (χ1v) is 17.2. The second-order valence-corrected chi connectivity index (χ2v) is 16.2. The molecule has 45 heavy (non-hydrogen) atoms. The summed E-state index contributed by atoms with van der Waals surface area (Å²) < 4.78 is 42.0. The number of ether oxygens (including phenoxy) is 2. The number of anilines is 1. The minimum absolute atomic E-state index is 0.0193. The smallest absolute Gasteiger partial charge is 0.407 e. The Morgan fingerprint density at radius 2 is 1.76 bits per heavy atom. The van der Waals surface area contributed by atoms with Crippen molar-refractivity contribution in [3.8, 4) is 17.1 Å². The molecule has 3 aromatic rings. The molecule has 1 aliphatic heterocycles. The first-order chi connectivity index (χ1) is 21.0. The van der Waals surface area contributed by atoms with Crippen molar-refractivity contribution in [1.82, 2.24) is 15.3 Å². The van der Waals surface area contributed by atoms with E-state index in [-0.39, 0.29) is 40.1 Å². The molecule has 1 fully saturated rings. The Balaban J connectivity index is 1.57. The van der Waals surface area contributed by atoms with E-state index >= 15 is 0 Å². The van der Waals surface area contributed by atoms with Crippen LogP contribution in [0.5, 0.6) is 5.88 Å². The molecule has 2 aliphatic rings. The van der Waals surface area contributed by atoms with E-state index in [1.807, 2.05) is 58.9 Å². The molecule has 2 aromatic carbocycles. The number of hydrogen-bond donors (Lipinski definition) is 2. The van der Waals surface area contributed by atoms with Crippen molar-refractivity contribution in [1.29, 1.82) is 0 Å². The molecule has 10 heteroatoms. The number of nitrogens with one attached hydrogen (secondary N) is 2. The summed E-state index contributed by atoms with van der Waals surface area (Å²) in [7, 11) is -4.01. The van der Waals surface area contributed by atoms with Gasteiger partial charge in [-0.1, -0.05) is 51.1 Å². The maximum Gasteiger partial charge on any atom is 0.407 e. The van der Waals surface area contributed by atoms with Crippen molar-refractivity contribution >= 4 is 22.1 Å². The molecule has 1 unspecified atom stereocenters. The fourth-order valence-electron chi connectivity index (χ4n) is 7.10. The quantitative estimate of drug-likeness (QED) is 0.300. The van der Waals surface area contributed by atoms with Crippen LogP contribution in [0.1, 0.15) is 83.4 Å². The second-order valence-electron chi connectivity index (χ2n) is 14.5. The van der Waals surface area contributed by atoms with Gasteiger partial charge in [0.25, 0.3) is 10.0 Å². The number of fused-ring (bicyclic) bond motifs is 4. The molecule has 1 saturated carbocycles. The Labute approximate surface area is 267 Å². The third-order valence-electron chi connectivity index (χ3n) is 8.73. The lowest BCUT2D eigenvalue weighted by Gasteiger charge is -2.51. The van der Waals surface area contributed by atoms with Gasteiger partial charge in [-0.15, -0.1) is 0 Å². The molecule has 2 heterocycles. The molecule has 4 bridgehead atoms. The Bertz CT molecular complexity index is 1660. The summed E-state index contributed by atoms with van der Waals surface area (Å²) in [5.41, 5.74) is 4.05. The van der Waals surface area contributed by atoms with Crippen molar-refractivity contribution in [2.45, 2.75) is 97.1 Å². The largest absolute Gasteiger partial charge is 0.477 e. The van der Waals surface area contributed by atoms with Gasteiger partial charge >= 0.3 is 6.09 Å². The number of rotatable bonds is 5. The van der Waals surface area contributed by atoms with Gasteiger partial charge in [-0.3, -0.25) is 0 Å². The van der Waals surface area contributed by atoms with E-state index in [1.54, 1.807) is 24.3 Å². The topological polar surface area (TPSA) is 120 Å². The van der Waals surface area contributed by atoms with Crippen LogP contribution in [0.4, 0.5) is 10.7 Å². The Kier molecular flexibility index (Phi) is 8.92. The number of sulfonamides is 1. The number of nitrogens with zero attached hydrogens (tertiary/aromatic N) is 2. The molecule has 1 amide bonds. The van der Waals surface area contributed by atoms with Crippen molar-refractivity contribution in [3.63, 3.8) is 0 Å². The number of carbonyl (C=O) groups is 1. The van der Waals surface area contributed by atoms with Crippen molar-refractivity contribution in [3.05, 3.63) is 65.2 Å². The summed E-state index contributed by atoms with van der Waals surface area (Å²) in [6.45, 7) is 16.7. The molecule has 1 aromatic heterocycles. The van der Waals surface area contributed by atoms with Gasteiger partial charge in [0.15, 0.2) is 0 Å². The van der Waals surface area contributed by atoms with Crippen molar-refractivity contribution in [2.75, 3.05) is 11.3 Å². The summed E-state index contributed by atoms with van der Waals surface area (Å²) >= 11 is 0. The number of hydrogen-bond acceptors (Lipinski definition) is 7. The summed E-state index contributed by atoms with van der Waals surface area (Å²) in [6, 6.07) is 15.0. The average molecular weight is 635 g/mol. The van der Waals surface area contributed by atoms with Gasteiger partial charge in [0, 0.05) is 23.1 Å². The van der Waals surface area contributed by atoms with E-state index in [4.69, 9.17) is 9.47 Å². The lowest BCUT2D eigenvalue weighted by Crippen LogP contribution is -2.57. The van der Waals surface area contributed by atoms with E-state index in [0.29, 0.717) is 18.2 Å². The SMILES string of the molecule is Cc1cccc(C)c1-c1cc2nc(n1)NS(=O)(=O)c1cccc(c1)C([C@H]1C[C@](C)(NC(=O)OC(C)C)C1)[C@H](CC(C)(C)C)CO2. The second kappa shape index (κ2) is 12.3. The van der Waals surface area contributed by atoms with E-state index in [2.05, 4.69) is 40.8 Å². The van der Waals surface area contributed by atoms with Gasteiger partial charge in [0.2, 0.25) is 11.8 Å². The van der Waals surface area contributed by atoms with Crippen LogP contribution >= 0.6 is 0 Å². The van der Waals surface area contributed by atoms with Crippen LogP contribution < -0.4 is 14.8 Å². The predicted molar refractivity (Wildman–Crippen MR) is 176 cm³/mol. The number of aromatic nitrogens is 2. The minimum Gasteiger partial charge on any atom is -0.477 e. The van der Waals surface area contributed by atoms with Crippen molar-refractivity contribution in [2.24, 2.45) is 17.3 Å². The summed E-state index contributed by atoms with van der Waals surface area (Å²) in [5.74, 6) is 0.488. The van der Waals surface area contributed by atoms with Crippen LogP contribution in [-0.4, -0.2) is 42.7 Å². The Morgan fingerprint density at radius 3 is 2.40 bits per heavy atom. The first-order valence-electron chi connectivity index (χ1n) is 15.7. The van der Waals surface area contributed by atoms with Crippen LogP contribution in [0.15, 0.2) is 53.4 Å². The Hall–Kier alpha value is -3.66. The van der Waals surface area contributed by atoms with Gasteiger partial charge in [-0.25, -0.2) is 22.9 Å². The summed E-state index contributed by atoms with van der Waals surface area (Å²) in [4.78, 5) is 21.8. The third kappa shape index (κ3) is 7.60. The molecule has 2 N–H and O–H groups in total. The normalized spacial score (nSPS) is 24.2. The number of alkyl carbamates (subject to hydrolysis) is 1. The maximum atomic E-state index is 13.8. The van der Waals surface area contributed by atoms with Gasteiger partial charge in [0.1, 0.15) is 0 Å². The maximum absolute atomic E-state index is 13.8. The first kappa shape index (κ1) is 32.7. The average Bonchev–Trinajstić information content (AvgIpc) is 2.89. The van der Waals surface area contributed by atoms with Gasteiger partial charge < -0.3 is 14.8 Å². The van der Waals surface area contributed by atoms with Gasteiger partial charge in [0.05, 0.1) is 23.3 Å².